The van der Waals surface area contributed by atoms with Crippen molar-refractivity contribution in [2.45, 2.75) is 37.2 Å². The van der Waals surface area contributed by atoms with E-state index in [1.165, 1.54) is 7.11 Å². The zero-order valence-electron chi connectivity index (χ0n) is 23.8. The van der Waals surface area contributed by atoms with Crippen molar-refractivity contribution >= 4 is 34.4 Å². The van der Waals surface area contributed by atoms with Gasteiger partial charge >= 0.3 is 6.18 Å². The average Bonchev–Trinajstić information content (AvgIpc) is 3.03. The number of nitrogens with one attached hydrogen (secondary N) is 1. The first kappa shape index (κ1) is 31.5. The van der Waals surface area contributed by atoms with Crippen molar-refractivity contribution < 1.29 is 32.6 Å². The molecule has 0 aromatic heterocycles. The van der Waals surface area contributed by atoms with Crippen LogP contribution in [0.3, 0.4) is 0 Å². The monoisotopic (exact) mass is 714 g/mol. The molecule has 2 amide bonds. The van der Waals surface area contributed by atoms with Crippen LogP contribution in [0.1, 0.15) is 44.2 Å². The van der Waals surface area contributed by atoms with Gasteiger partial charge in [-0.25, -0.2) is 0 Å². The maximum absolute atomic E-state index is 14.6. The third kappa shape index (κ3) is 6.18. The minimum Gasteiger partial charge on any atom is -0.496 e. The Bertz CT molecular complexity index is 1660. The lowest BCUT2D eigenvalue weighted by Crippen LogP contribution is -2.60. The molecule has 5 rings (SSSR count). The second kappa shape index (κ2) is 13.0. The number of ether oxygens (including phenoxy) is 1. The summed E-state index contributed by atoms with van der Waals surface area (Å²) in [5.74, 6) is -0.696. The van der Waals surface area contributed by atoms with Gasteiger partial charge in [-0.3, -0.25) is 9.59 Å². The van der Waals surface area contributed by atoms with Crippen LogP contribution >= 0.6 is 22.6 Å². The van der Waals surface area contributed by atoms with Crippen molar-refractivity contribution in [3.8, 4) is 5.75 Å². The molecule has 4 aromatic rings. The Labute approximate surface area is 267 Å². The number of hydrogen-bond acceptors (Lipinski definition) is 4. The number of carbonyl (C=O) groups excluding carboxylic acids is 2. The maximum atomic E-state index is 14.6. The van der Waals surface area contributed by atoms with Crippen LogP contribution < -0.4 is 10.1 Å². The molecule has 6 nitrogen and oxygen atoms in total. The quantitative estimate of drug-likeness (QED) is 0.198. The van der Waals surface area contributed by atoms with Crippen LogP contribution in [0, 0.1) is 3.57 Å². The molecule has 0 aliphatic carbocycles. The minimum atomic E-state index is -4.66. The number of carbonyl (C=O) groups is 2. The molecule has 1 aliphatic heterocycles. The summed E-state index contributed by atoms with van der Waals surface area (Å²) in [4.78, 5) is 30.5. The topological polar surface area (TPSA) is 78.9 Å². The van der Waals surface area contributed by atoms with Crippen LogP contribution in [0.15, 0.2) is 97.1 Å². The Hall–Kier alpha value is -3.90. The SMILES string of the molecule is COc1ccccc1CN1C(=O)c2ccccc2[C@](Cc2ccccc2I)(C(=O)NCC(F)(F)F)[C@@H]1c1ccc(CO)cc1. The molecule has 2 atom stereocenters. The normalized spacial score (nSPS) is 18.1. The first-order valence-corrected chi connectivity index (χ1v) is 15.0. The predicted octanol–water partition coefficient (Wildman–Crippen LogP) is 6.35. The molecular weight excluding hydrogens is 684 g/mol. The van der Waals surface area contributed by atoms with Crippen LogP contribution in [0.25, 0.3) is 0 Å². The third-order valence-electron chi connectivity index (χ3n) is 7.97. The van der Waals surface area contributed by atoms with Crippen LogP contribution in [0.2, 0.25) is 0 Å². The summed E-state index contributed by atoms with van der Waals surface area (Å²) in [6.45, 7) is -1.74. The number of amides is 2. The Morgan fingerprint density at radius 1 is 0.955 bits per heavy atom. The molecule has 1 heterocycles. The number of hydrogen-bond donors (Lipinski definition) is 2. The molecule has 0 spiro atoms. The summed E-state index contributed by atoms with van der Waals surface area (Å²) < 4.78 is 47.2. The van der Waals surface area contributed by atoms with E-state index in [1.54, 1.807) is 71.6 Å². The Kier molecular flexibility index (Phi) is 9.31. The third-order valence-corrected chi connectivity index (χ3v) is 9.02. The lowest BCUT2D eigenvalue weighted by atomic mass is 9.63. The summed E-state index contributed by atoms with van der Waals surface area (Å²) >= 11 is 2.15. The number of fused-ring (bicyclic) bond motifs is 1. The molecule has 0 saturated heterocycles. The van der Waals surface area contributed by atoms with Crippen LogP contribution in [0.4, 0.5) is 13.2 Å². The van der Waals surface area contributed by atoms with Gasteiger partial charge in [0.15, 0.2) is 0 Å². The molecule has 2 N–H and O–H groups in total. The lowest BCUT2D eigenvalue weighted by molar-refractivity contribution is -0.144. The largest absolute Gasteiger partial charge is 0.496 e. The number of aliphatic hydroxyl groups is 1. The minimum absolute atomic E-state index is 0.00887. The standard InChI is InChI=1S/C34H30F3IN2O4/c1-44-29-13-7-3-9-25(29)19-40-30(23-16-14-22(20-41)15-17-23)33(32(43)39-21-34(35,36)37,18-24-8-2-6-12-28(24)38)27-11-5-4-10-26(27)31(40)42/h2-17,30,41H,18-21H2,1H3,(H,39,43)/t30-,33-/m0/s1. The van der Waals surface area contributed by atoms with Crippen molar-refractivity contribution in [1.82, 2.24) is 10.2 Å². The summed E-state index contributed by atoms with van der Waals surface area (Å²) in [5.41, 5.74) is 1.45. The molecule has 44 heavy (non-hydrogen) atoms. The first-order valence-electron chi connectivity index (χ1n) is 13.9. The van der Waals surface area contributed by atoms with E-state index in [2.05, 4.69) is 27.9 Å². The Morgan fingerprint density at radius 3 is 2.25 bits per heavy atom. The van der Waals surface area contributed by atoms with Crippen molar-refractivity contribution in [2.24, 2.45) is 0 Å². The zero-order chi connectivity index (χ0) is 31.5. The van der Waals surface area contributed by atoms with E-state index in [4.69, 9.17) is 4.74 Å². The van der Waals surface area contributed by atoms with Crippen molar-refractivity contribution in [2.75, 3.05) is 13.7 Å². The van der Waals surface area contributed by atoms with Gasteiger partial charge in [-0.15, -0.1) is 0 Å². The fourth-order valence-corrected chi connectivity index (χ4v) is 6.57. The number of benzene rings is 4. The highest BCUT2D eigenvalue weighted by atomic mass is 127. The van der Waals surface area contributed by atoms with Crippen molar-refractivity contribution in [3.05, 3.63) is 134 Å². The molecule has 0 unspecified atom stereocenters. The number of aliphatic hydroxyl groups excluding tert-OH is 1. The van der Waals surface area contributed by atoms with Gasteiger partial charge in [0.05, 0.1) is 26.3 Å². The molecule has 0 radical (unpaired) electrons. The van der Waals surface area contributed by atoms with Gasteiger partial charge in [0.25, 0.3) is 5.91 Å². The molecule has 0 saturated carbocycles. The van der Waals surface area contributed by atoms with E-state index in [0.717, 1.165) is 9.13 Å². The predicted molar refractivity (Wildman–Crippen MR) is 168 cm³/mol. The second-order valence-electron chi connectivity index (χ2n) is 10.6. The maximum Gasteiger partial charge on any atom is 0.405 e. The summed E-state index contributed by atoms with van der Waals surface area (Å²) in [6, 6.07) is 27.0. The van der Waals surface area contributed by atoms with Gasteiger partial charge in [-0.05, 0) is 69.5 Å². The summed E-state index contributed by atoms with van der Waals surface area (Å²) in [7, 11) is 1.52. The van der Waals surface area contributed by atoms with Crippen molar-refractivity contribution in [3.63, 3.8) is 0 Å². The molecule has 0 bridgehead atoms. The van der Waals surface area contributed by atoms with Crippen LogP contribution in [-0.2, 0) is 29.8 Å². The fourth-order valence-electron chi connectivity index (χ4n) is 5.99. The Morgan fingerprint density at radius 2 is 1.59 bits per heavy atom. The Balaban J connectivity index is 1.82. The summed E-state index contributed by atoms with van der Waals surface area (Å²) in [6.07, 6.45) is -4.65. The number of alkyl halides is 3. The van der Waals surface area contributed by atoms with Crippen molar-refractivity contribution in [1.29, 1.82) is 0 Å². The number of nitrogens with zero attached hydrogens (tertiary/aromatic N) is 1. The zero-order valence-corrected chi connectivity index (χ0v) is 25.9. The number of methoxy groups -OCH3 is 1. The van der Waals surface area contributed by atoms with Gasteiger partial charge in [-0.2, -0.15) is 13.2 Å². The molecule has 1 aliphatic rings. The number of halogens is 4. The molecule has 0 fully saturated rings. The summed E-state index contributed by atoms with van der Waals surface area (Å²) in [5, 5.41) is 11.9. The highest BCUT2D eigenvalue weighted by molar-refractivity contribution is 14.1. The molecule has 228 valence electrons. The van der Waals surface area contributed by atoms with Gasteiger partial charge in [0.2, 0.25) is 5.91 Å². The van der Waals surface area contributed by atoms with Gasteiger partial charge in [0, 0.05) is 14.7 Å². The van der Waals surface area contributed by atoms with E-state index >= 15 is 0 Å². The lowest BCUT2D eigenvalue weighted by Gasteiger charge is -2.50. The van der Waals surface area contributed by atoms with E-state index < -0.39 is 30.1 Å². The van der Waals surface area contributed by atoms with E-state index in [0.29, 0.717) is 28.0 Å². The van der Waals surface area contributed by atoms with Gasteiger partial charge < -0.3 is 20.1 Å². The highest BCUT2D eigenvalue weighted by Gasteiger charge is 2.56. The fraction of sp³-hybridized carbons (Fsp3) is 0.235. The molecular formula is C34H30F3IN2O4. The molecule has 10 heteroatoms. The van der Waals surface area contributed by atoms with Crippen LogP contribution in [-0.4, -0.2) is 41.7 Å². The average molecular weight is 715 g/mol. The van der Waals surface area contributed by atoms with Crippen LogP contribution in [0.5, 0.6) is 5.75 Å². The van der Waals surface area contributed by atoms with E-state index in [9.17, 15) is 27.9 Å². The number of para-hydroxylation sites is 1. The van der Waals surface area contributed by atoms with Gasteiger partial charge in [-0.1, -0.05) is 78.9 Å². The smallest absolute Gasteiger partial charge is 0.405 e. The second-order valence-corrected chi connectivity index (χ2v) is 11.8. The van der Waals surface area contributed by atoms with Gasteiger partial charge in [0.1, 0.15) is 17.7 Å². The number of rotatable bonds is 9. The first-order chi connectivity index (χ1) is 21.1. The highest BCUT2D eigenvalue weighted by Crippen LogP contribution is 2.51. The van der Waals surface area contributed by atoms with E-state index in [-0.39, 0.29) is 31.0 Å². The molecule has 4 aromatic carbocycles. The van der Waals surface area contributed by atoms with E-state index in [1.807, 2.05) is 30.3 Å².